The van der Waals surface area contributed by atoms with Crippen LogP contribution in [-0.2, 0) is 4.74 Å². The quantitative estimate of drug-likeness (QED) is 0.394. The van der Waals surface area contributed by atoms with Crippen molar-refractivity contribution in [2.24, 2.45) is 0 Å². The maximum atomic E-state index is 12.9. The van der Waals surface area contributed by atoms with Crippen molar-refractivity contribution >= 4 is 5.91 Å². The average molecular weight is 676 g/mol. The molecule has 2 heterocycles. The van der Waals surface area contributed by atoms with Gasteiger partial charge in [0, 0.05) is 43.7 Å². The van der Waals surface area contributed by atoms with Crippen molar-refractivity contribution in [1.29, 1.82) is 0 Å². The maximum Gasteiger partial charge on any atom is 2.00 e. The fourth-order valence-corrected chi connectivity index (χ4v) is 4.31. The van der Waals surface area contributed by atoms with Crippen LogP contribution in [0.15, 0.2) is 42.5 Å². The normalized spacial score (nSPS) is 18.4. The Morgan fingerprint density at radius 1 is 1.21 bits per heavy atom. The first-order chi connectivity index (χ1) is 15.4. The number of nitrogens with zero attached hydrogens (tertiary/aromatic N) is 1. The summed E-state index contributed by atoms with van der Waals surface area (Å²) in [5.41, 5.74) is 1.47. The van der Waals surface area contributed by atoms with Gasteiger partial charge in [0.1, 0.15) is 11.4 Å². The van der Waals surface area contributed by atoms with Crippen LogP contribution in [0.3, 0.4) is 0 Å². The number of piperidine rings is 1. The van der Waals surface area contributed by atoms with E-state index in [1.807, 2.05) is 43.4 Å². The number of methoxy groups -OCH3 is 1. The van der Waals surface area contributed by atoms with E-state index in [1.54, 1.807) is 25.3 Å². The molecule has 0 N–H and O–H groups in total. The molecule has 1 unspecified atom stereocenters. The molecular weight excluding hydrogens is 640 g/mol. The van der Waals surface area contributed by atoms with Gasteiger partial charge < -0.3 is 25.5 Å². The van der Waals surface area contributed by atoms with E-state index >= 15 is 0 Å². The summed E-state index contributed by atoms with van der Waals surface area (Å²) in [7, 11) is 1.58. The van der Waals surface area contributed by atoms with Crippen LogP contribution in [0.25, 0.3) is 0 Å². The number of amides is 1. The van der Waals surface area contributed by atoms with Crippen LogP contribution >= 0.6 is 0 Å². The largest absolute Gasteiger partial charge is 2.00 e. The van der Waals surface area contributed by atoms with Gasteiger partial charge in [-0.2, -0.15) is 26.0 Å². The second-order valence-corrected chi connectivity index (χ2v) is 8.72. The monoisotopic (exact) mass is 675 g/mol. The van der Waals surface area contributed by atoms with E-state index in [0.29, 0.717) is 24.4 Å². The van der Waals surface area contributed by atoms with Crippen LogP contribution < -0.4 is 9.47 Å². The summed E-state index contributed by atoms with van der Waals surface area (Å²) in [4.78, 5) is 14.8. The van der Waals surface area contributed by atoms with Gasteiger partial charge in [-0.05, 0) is 19.9 Å². The molecule has 2 aliphatic heterocycles. The molecule has 1 fully saturated rings. The minimum absolute atomic E-state index is 0. The third-order valence-corrected chi connectivity index (χ3v) is 5.79. The predicted octanol–water partition coefficient (Wildman–Crippen LogP) is 5.65. The standard InChI is InChI=1S/C24H28NO4.C3H7.U/c1-17(2)28-22-16-24(29-21-10-5-4-9-20(21)22)11-13-25(14-12-24)23(26)18-7-6-8-19(15-18)27-3;1-3-2;/h4-7,9-10,15,17,22H,11-14,16H2,1-3H3;3H,1-2H3;/q2*-1;+2. The summed E-state index contributed by atoms with van der Waals surface area (Å²) < 4.78 is 17.9. The second kappa shape index (κ2) is 12.8. The number of likely N-dealkylation sites (tertiary alicyclic amines) is 1. The molecule has 0 aromatic heterocycles. The third-order valence-electron chi connectivity index (χ3n) is 5.79. The van der Waals surface area contributed by atoms with Gasteiger partial charge in [-0.15, -0.1) is 12.1 Å². The summed E-state index contributed by atoms with van der Waals surface area (Å²) in [6.45, 7) is 9.46. The number of hydrogen-bond acceptors (Lipinski definition) is 4. The molecule has 1 amide bonds. The Bertz CT molecular complexity index is 893. The van der Waals surface area contributed by atoms with Crippen molar-refractivity contribution in [3.05, 3.63) is 66.1 Å². The van der Waals surface area contributed by atoms with Crippen LogP contribution in [-0.4, -0.2) is 42.7 Å². The first-order valence-corrected chi connectivity index (χ1v) is 11.4. The molecule has 0 radical (unpaired) electrons. The number of carbonyl (C=O) groups excluding carboxylic acids is 1. The van der Waals surface area contributed by atoms with E-state index < -0.39 is 0 Å². The number of carbonyl (C=O) groups is 1. The first-order valence-electron chi connectivity index (χ1n) is 11.4. The van der Waals surface area contributed by atoms with Gasteiger partial charge >= 0.3 is 31.1 Å². The zero-order valence-corrected chi connectivity index (χ0v) is 24.6. The molecule has 0 saturated carbocycles. The molecule has 0 aliphatic carbocycles. The third kappa shape index (κ3) is 7.01. The molecule has 0 bridgehead atoms. The minimum atomic E-state index is -0.285. The molecule has 1 spiro atoms. The number of fused-ring (bicyclic) bond motifs is 1. The summed E-state index contributed by atoms with van der Waals surface area (Å²) in [6, 6.07) is 16.4. The zero-order valence-electron chi connectivity index (χ0n) is 20.4. The van der Waals surface area contributed by atoms with Crippen molar-refractivity contribution in [1.82, 2.24) is 4.90 Å². The molecular formula is C27H35NO4U. The summed E-state index contributed by atoms with van der Waals surface area (Å²) >= 11 is 0. The molecule has 4 rings (SSSR count). The van der Waals surface area contributed by atoms with Gasteiger partial charge in [-0.1, -0.05) is 23.8 Å². The molecule has 6 heteroatoms. The van der Waals surface area contributed by atoms with Crippen LogP contribution in [0, 0.1) is 43.6 Å². The molecule has 2 aromatic carbocycles. The number of ether oxygens (including phenoxy) is 3. The van der Waals surface area contributed by atoms with E-state index in [0.717, 1.165) is 30.6 Å². The van der Waals surface area contributed by atoms with E-state index in [-0.39, 0.29) is 54.8 Å². The number of benzene rings is 2. The molecule has 5 nitrogen and oxygen atoms in total. The van der Waals surface area contributed by atoms with Gasteiger partial charge in [-0.3, -0.25) is 4.79 Å². The van der Waals surface area contributed by atoms with Gasteiger partial charge in [0.2, 0.25) is 5.91 Å². The van der Waals surface area contributed by atoms with Crippen molar-refractivity contribution in [3.63, 3.8) is 0 Å². The van der Waals surface area contributed by atoms with E-state index in [2.05, 4.69) is 26.0 Å². The van der Waals surface area contributed by atoms with Crippen LogP contribution in [0.4, 0.5) is 0 Å². The topological polar surface area (TPSA) is 48.0 Å². The van der Waals surface area contributed by atoms with Gasteiger partial charge in [-0.25, -0.2) is 0 Å². The number of rotatable bonds is 4. The summed E-state index contributed by atoms with van der Waals surface area (Å²) in [5, 5.41) is 0. The molecule has 2 aromatic rings. The van der Waals surface area contributed by atoms with Crippen molar-refractivity contribution < 1.29 is 50.1 Å². The van der Waals surface area contributed by atoms with Gasteiger partial charge in [0.25, 0.3) is 0 Å². The Morgan fingerprint density at radius 2 is 1.88 bits per heavy atom. The first kappa shape index (κ1) is 27.8. The number of hydrogen-bond donors (Lipinski definition) is 0. The molecule has 2 aliphatic rings. The zero-order chi connectivity index (χ0) is 23.1. The summed E-state index contributed by atoms with van der Waals surface area (Å²) in [6.07, 6.45) is 4.58. The Labute approximate surface area is 222 Å². The van der Waals surface area contributed by atoms with Crippen molar-refractivity contribution in [3.8, 4) is 11.5 Å². The van der Waals surface area contributed by atoms with Crippen LogP contribution in [0.2, 0.25) is 0 Å². The average Bonchev–Trinajstić information content (AvgIpc) is 2.79. The van der Waals surface area contributed by atoms with Crippen LogP contribution in [0.1, 0.15) is 69.0 Å². The second-order valence-electron chi connectivity index (χ2n) is 8.72. The van der Waals surface area contributed by atoms with E-state index in [9.17, 15) is 4.79 Å². The van der Waals surface area contributed by atoms with E-state index in [1.165, 1.54) is 0 Å². The SMILES string of the molecule is COc1[c-]ccc(C(=O)N2CCC3(CC2)CC(OC(C)C)c2ccccc2O3)c1.C[CH-]C.[U+2]. The van der Waals surface area contributed by atoms with Crippen molar-refractivity contribution in [2.45, 2.75) is 64.8 Å². The minimum Gasteiger partial charge on any atom is -0.523 e. The van der Waals surface area contributed by atoms with E-state index in [4.69, 9.17) is 14.2 Å². The Balaban J connectivity index is 0.000000914. The Morgan fingerprint density at radius 3 is 2.52 bits per heavy atom. The van der Waals surface area contributed by atoms with Crippen LogP contribution in [0.5, 0.6) is 11.5 Å². The summed E-state index contributed by atoms with van der Waals surface area (Å²) in [5.74, 6) is 1.51. The molecule has 1 saturated heterocycles. The fraction of sp³-hybridized carbons (Fsp3) is 0.481. The van der Waals surface area contributed by atoms with Gasteiger partial charge in [0.15, 0.2) is 0 Å². The smallest absolute Gasteiger partial charge is 0.523 e. The Kier molecular flexibility index (Phi) is 10.8. The fourth-order valence-electron chi connectivity index (χ4n) is 4.31. The van der Waals surface area contributed by atoms with Gasteiger partial charge in [0.05, 0.1) is 19.3 Å². The molecule has 176 valence electrons. The predicted molar refractivity (Wildman–Crippen MR) is 126 cm³/mol. The molecule has 33 heavy (non-hydrogen) atoms. The Hall–Kier alpha value is -1.48. The molecule has 1 atom stereocenters. The maximum absolute atomic E-state index is 12.9. The number of para-hydroxylation sites is 1. The van der Waals surface area contributed by atoms with Crippen molar-refractivity contribution in [2.75, 3.05) is 20.2 Å².